The molecule has 0 spiro atoms. The Bertz CT molecular complexity index is 628. The van der Waals surface area contributed by atoms with Crippen LogP contribution in [0.4, 0.5) is 0 Å². The number of likely N-dealkylation sites (tertiary alicyclic amines) is 1. The van der Waals surface area contributed by atoms with Gasteiger partial charge in [-0.05, 0) is 36.4 Å². The summed E-state index contributed by atoms with van der Waals surface area (Å²) in [6, 6.07) is 17.7. The Morgan fingerprint density at radius 3 is 2.43 bits per heavy atom. The number of carbonyl (C=O) groups is 1. The van der Waals surface area contributed by atoms with E-state index in [4.69, 9.17) is 4.74 Å². The van der Waals surface area contributed by atoms with Gasteiger partial charge >= 0.3 is 0 Å². The Kier molecular flexibility index (Phi) is 6.35. The van der Waals surface area contributed by atoms with E-state index in [2.05, 4.69) is 13.3 Å². The standard InChI is InChI=1S/C19H20NO2.Rh/c1-15-7-12-19(21)20(13-15)14-16-8-10-18(11-9-16)22-17-5-3-2-4-6-17;/h2-11,15H,12-14H2,1H3;/q-1;. The van der Waals surface area contributed by atoms with Crippen LogP contribution in [0.15, 0.2) is 54.6 Å². The summed E-state index contributed by atoms with van der Waals surface area (Å²) in [4.78, 5) is 13.9. The molecule has 1 radical (unpaired) electrons. The van der Waals surface area contributed by atoms with E-state index in [1.807, 2.05) is 59.5 Å². The minimum atomic E-state index is 0. The van der Waals surface area contributed by atoms with Gasteiger partial charge < -0.3 is 16.1 Å². The molecule has 0 saturated carbocycles. The van der Waals surface area contributed by atoms with E-state index in [0.29, 0.717) is 18.9 Å². The molecule has 4 heteroatoms. The van der Waals surface area contributed by atoms with Crippen molar-refractivity contribution >= 4 is 5.91 Å². The number of nitrogens with zero attached hydrogens (tertiary/aromatic N) is 1. The smallest absolute Gasteiger partial charge is 0.192 e. The minimum Gasteiger partial charge on any atom is -0.457 e. The van der Waals surface area contributed by atoms with Gasteiger partial charge in [-0.25, -0.2) is 0 Å². The molecule has 1 atom stereocenters. The third kappa shape index (κ3) is 4.90. The second-order valence-electron chi connectivity index (χ2n) is 5.75. The van der Waals surface area contributed by atoms with Crippen LogP contribution in [0.2, 0.25) is 0 Å². The van der Waals surface area contributed by atoms with Crippen LogP contribution in [0, 0.1) is 12.3 Å². The molecule has 1 aliphatic rings. The molecule has 1 fully saturated rings. The van der Waals surface area contributed by atoms with Crippen LogP contribution >= 0.6 is 0 Å². The van der Waals surface area contributed by atoms with Crippen molar-refractivity contribution in [1.29, 1.82) is 0 Å². The van der Waals surface area contributed by atoms with Crippen molar-refractivity contribution in [2.45, 2.75) is 19.9 Å². The van der Waals surface area contributed by atoms with E-state index < -0.39 is 0 Å². The molecule has 123 valence electrons. The number of piperidine rings is 1. The molecule has 2 aromatic rings. The maximum Gasteiger partial charge on any atom is 0.192 e. The van der Waals surface area contributed by atoms with Crippen LogP contribution in [-0.4, -0.2) is 17.4 Å². The number of rotatable bonds is 4. The quantitative estimate of drug-likeness (QED) is 0.576. The number of para-hydroxylation sites is 1. The molecular weight excluding hydrogens is 377 g/mol. The number of hydrogen-bond acceptors (Lipinski definition) is 2. The number of amides is 1. The van der Waals surface area contributed by atoms with Crippen molar-refractivity contribution in [2.24, 2.45) is 5.92 Å². The Labute approximate surface area is 150 Å². The Morgan fingerprint density at radius 1 is 1.09 bits per heavy atom. The van der Waals surface area contributed by atoms with Crippen molar-refractivity contribution in [3.8, 4) is 11.5 Å². The summed E-state index contributed by atoms with van der Waals surface area (Å²) in [5.41, 5.74) is 1.13. The van der Waals surface area contributed by atoms with Crippen LogP contribution in [0.5, 0.6) is 11.5 Å². The fourth-order valence-electron chi connectivity index (χ4n) is 2.62. The predicted molar refractivity (Wildman–Crippen MR) is 86.5 cm³/mol. The predicted octanol–water partition coefficient (Wildman–Crippen LogP) is 4.05. The second kappa shape index (κ2) is 8.26. The van der Waals surface area contributed by atoms with Gasteiger partial charge in [0.05, 0.1) is 0 Å². The summed E-state index contributed by atoms with van der Waals surface area (Å²) >= 11 is 0. The van der Waals surface area contributed by atoms with Gasteiger partial charge in [0.15, 0.2) is 5.91 Å². The molecule has 2 aromatic carbocycles. The average molecular weight is 397 g/mol. The Balaban J connectivity index is 0.00000192. The summed E-state index contributed by atoms with van der Waals surface area (Å²) in [6.45, 7) is 3.62. The van der Waals surface area contributed by atoms with E-state index in [0.717, 1.165) is 23.6 Å². The molecule has 1 unspecified atom stereocenters. The Morgan fingerprint density at radius 2 is 1.74 bits per heavy atom. The molecular formula is C19H20NO2Rh-. The van der Waals surface area contributed by atoms with Crippen molar-refractivity contribution in [3.05, 3.63) is 66.6 Å². The number of benzene rings is 2. The van der Waals surface area contributed by atoms with Gasteiger partial charge in [0, 0.05) is 26.0 Å². The van der Waals surface area contributed by atoms with Crippen molar-refractivity contribution in [2.75, 3.05) is 6.54 Å². The molecule has 23 heavy (non-hydrogen) atoms. The van der Waals surface area contributed by atoms with Crippen molar-refractivity contribution in [3.63, 3.8) is 0 Å². The first kappa shape index (κ1) is 17.7. The molecule has 0 N–H and O–H groups in total. The molecule has 0 bridgehead atoms. The van der Waals surface area contributed by atoms with Gasteiger partial charge in [0.2, 0.25) is 0 Å². The van der Waals surface area contributed by atoms with E-state index in [-0.39, 0.29) is 25.4 Å². The topological polar surface area (TPSA) is 29.5 Å². The average Bonchev–Trinajstić information content (AvgIpc) is 2.54. The van der Waals surface area contributed by atoms with Gasteiger partial charge in [-0.1, -0.05) is 43.7 Å². The second-order valence-corrected chi connectivity index (χ2v) is 5.75. The first-order valence-electron chi connectivity index (χ1n) is 7.63. The number of ether oxygens (including phenoxy) is 1. The van der Waals surface area contributed by atoms with Crippen LogP contribution in [0.1, 0.15) is 18.9 Å². The number of hydrogen-bond donors (Lipinski definition) is 0. The summed E-state index contributed by atoms with van der Waals surface area (Å²) in [5.74, 6) is 2.31. The summed E-state index contributed by atoms with van der Waals surface area (Å²) in [7, 11) is 0. The maximum atomic E-state index is 11.9. The van der Waals surface area contributed by atoms with Gasteiger partial charge in [-0.2, -0.15) is 5.92 Å². The van der Waals surface area contributed by atoms with Gasteiger partial charge in [-0.15, -0.1) is 0 Å². The molecule has 3 nitrogen and oxygen atoms in total. The first-order valence-corrected chi connectivity index (χ1v) is 7.63. The molecule has 1 aliphatic heterocycles. The third-order valence-corrected chi connectivity index (χ3v) is 3.83. The van der Waals surface area contributed by atoms with Gasteiger partial charge in [-0.3, -0.25) is 4.79 Å². The largest absolute Gasteiger partial charge is 0.457 e. The van der Waals surface area contributed by atoms with E-state index >= 15 is 0 Å². The SMILES string of the molecule is CC1[CH-]CC(=O)N(Cc2ccc(Oc3ccccc3)cc2)C1.[Rh]. The molecule has 1 amide bonds. The normalized spacial score (nSPS) is 17.5. The molecule has 0 aliphatic carbocycles. The summed E-state index contributed by atoms with van der Waals surface area (Å²) in [5, 5.41) is 0. The fourth-order valence-corrected chi connectivity index (χ4v) is 2.62. The zero-order valence-corrected chi connectivity index (χ0v) is 14.7. The van der Waals surface area contributed by atoms with Crippen LogP contribution in [-0.2, 0) is 30.8 Å². The van der Waals surface area contributed by atoms with Crippen LogP contribution < -0.4 is 4.74 Å². The van der Waals surface area contributed by atoms with E-state index in [1.165, 1.54) is 0 Å². The van der Waals surface area contributed by atoms with E-state index in [9.17, 15) is 4.79 Å². The molecule has 1 heterocycles. The van der Waals surface area contributed by atoms with Crippen molar-refractivity contribution < 1.29 is 29.0 Å². The third-order valence-electron chi connectivity index (χ3n) is 3.83. The summed E-state index contributed by atoms with van der Waals surface area (Å²) in [6.07, 6.45) is 2.64. The van der Waals surface area contributed by atoms with E-state index in [1.54, 1.807) is 0 Å². The zero-order valence-electron chi connectivity index (χ0n) is 13.1. The zero-order chi connectivity index (χ0) is 15.4. The molecule has 0 aromatic heterocycles. The molecule has 1 saturated heterocycles. The van der Waals surface area contributed by atoms with Crippen molar-refractivity contribution in [1.82, 2.24) is 4.90 Å². The van der Waals surface area contributed by atoms with Crippen LogP contribution in [0.3, 0.4) is 0 Å². The fraction of sp³-hybridized carbons (Fsp3) is 0.263. The Hall–Kier alpha value is -1.67. The van der Waals surface area contributed by atoms with Gasteiger partial charge in [0.25, 0.3) is 0 Å². The van der Waals surface area contributed by atoms with Crippen LogP contribution in [0.25, 0.3) is 0 Å². The first-order chi connectivity index (χ1) is 10.7. The molecule has 3 rings (SSSR count). The number of carbonyl (C=O) groups excluding carboxylic acids is 1. The maximum absolute atomic E-state index is 11.9. The minimum absolute atomic E-state index is 0. The summed E-state index contributed by atoms with van der Waals surface area (Å²) < 4.78 is 5.78. The van der Waals surface area contributed by atoms with Gasteiger partial charge in [0.1, 0.15) is 11.5 Å². The monoisotopic (exact) mass is 397 g/mol.